The number of halogens is 2. The molecule has 0 unspecified atom stereocenters. The summed E-state index contributed by atoms with van der Waals surface area (Å²) in [5.41, 5.74) is 1.43. The largest absolute Gasteiger partial charge is 0.453 e. The Labute approximate surface area is 200 Å². The van der Waals surface area contributed by atoms with E-state index in [1.807, 2.05) is 0 Å². The fraction of sp³-hybridized carbons (Fsp3) is 0.391. The molecule has 4 heterocycles. The molecule has 1 N–H and O–H groups in total. The van der Waals surface area contributed by atoms with Gasteiger partial charge in [-0.1, -0.05) is 0 Å². The first-order valence-corrected chi connectivity index (χ1v) is 12.5. The summed E-state index contributed by atoms with van der Waals surface area (Å²) in [6, 6.07) is 5.34. The van der Waals surface area contributed by atoms with Crippen LogP contribution in [0.25, 0.3) is 5.52 Å². The van der Waals surface area contributed by atoms with E-state index in [0.29, 0.717) is 22.5 Å². The molecule has 0 radical (unpaired) electrons. The maximum Gasteiger partial charge on any atom is 0.268 e. The van der Waals surface area contributed by atoms with Crippen molar-refractivity contribution in [2.45, 2.75) is 44.2 Å². The average Bonchev–Trinajstić information content (AvgIpc) is 3.49. The molecule has 5 rings (SSSR count). The molecule has 0 saturated carbocycles. The molecule has 9 nitrogen and oxygen atoms in total. The topological polar surface area (TPSA) is 102 Å². The Balaban J connectivity index is 1.52. The molecule has 2 aromatic heterocycles. The van der Waals surface area contributed by atoms with Crippen LogP contribution in [-0.2, 0) is 10.0 Å². The van der Waals surface area contributed by atoms with Crippen LogP contribution >= 0.6 is 0 Å². The van der Waals surface area contributed by atoms with Gasteiger partial charge in [-0.2, -0.15) is 5.10 Å². The SMILES string of the molecule is CC(C)(C)S(=O)(=O)NC(=O)c1cnn2ccc(N3C[C@@H](F)C[C@@H]3c3cc(F)cc4c3OCO4)cc12. The van der Waals surface area contributed by atoms with Gasteiger partial charge in [0.2, 0.25) is 16.8 Å². The Hall–Kier alpha value is -3.41. The number of sulfonamides is 1. The number of alkyl halides is 1. The van der Waals surface area contributed by atoms with Crippen LogP contribution in [0.1, 0.15) is 49.2 Å². The molecule has 2 aliphatic heterocycles. The predicted molar refractivity (Wildman–Crippen MR) is 123 cm³/mol. The molecule has 1 fully saturated rings. The number of benzene rings is 1. The molecule has 2 aliphatic rings. The number of pyridine rings is 1. The van der Waals surface area contributed by atoms with E-state index in [0.717, 1.165) is 0 Å². The number of nitrogens with one attached hydrogen (secondary N) is 1. The van der Waals surface area contributed by atoms with Crippen molar-refractivity contribution in [1.82, 2.24) is 14.3 Å². The van der Waals surface area contributed by atoms with Gasteiger partial charge in [0.1, 0.15) is 12.0 Å². The molecule has 0 aliphatic carbocycles. The minimum atomic E-state index is -3.94. The number of carbonyl (C=O) groups is 1. The zero-order valence-corrected chi connectivity index (χ0v) is 20.1. The highest BCUT2D eigenvalue weighted by molar-refractivity contribution is 7.91. The number of ether oxygens (including phenoxy) is 2. The summed E-state index contributed by atoms with van der Waals surface area (Å²) < 4.78 is 67.0. The van der Waals surface area contributed by atoms with E-state index in [-0.39, 0.29) is 31.1 Å². The molecule has 186 valence electrons. The molecule has 35 heavy (non-hydrogen) atoms. The van der Waals surface area contributed by atoms with Crippen molar-refractivity contribution < 1.29 is 31.5 Å². The lowest BCUT2D eigenvalue weighted by Crippen LogP contribution is -2.42. The quantitative estimate of drug-likeness (QED) is 0.579. The lowest BCUT2D eigenvalue weighted by atomic mass is 10.0. The second-order valence-electron chi connectivity index (χ2n) is 9.55. The van der Waals surface area contributed by atoms with Crippen LogP contribution in [0.2, 0.25) is 0 Å². The second kappa shape index (κ2) is 8.08. The number of anilines is 1. The van der Waals surface area contributed by atoms with Gasteiger partial charge in [0.15, 0.2) is 11.5 Å². The lowest BCUT2D eigenvalue weighted by Gasteiger charge is -2.27. The predicted octanol–water partition coefficient (Wildman–Crippen LogP) is 3.35. The summed E-state index contributed by atoms with van der Waals surface area (Å²) in [5.74, 6) is -0.681. The third kappa shape index (κ3) is 4.05. The van der Waals surface area contributed by atoms with Crippen LogP contribution in [0.3, 0.4) is 0 Å². The van der Waals surface area contributed by atoms with E-state index in [4.69, 9.17) is 9.47 Å². The summed E-state index contributed by atoms with van der Waals surface area (Å²) in [6.45, 7) is 4.44. The smallest absolute Gasteiger partial charge is 0.268 e. The van der Waals surface area contributed by atoms with Gasteiger partial charge in [0, 0.05) is 36.5 Å². The van der Waals surface area contributed by atoms with Crippen LogP contribution < -0.4 is 19.1 Å². The second-order valence-corrected chi connectivity index (χ2v) is 12.0. The molecule has 1 aromatic carbocycles. The number of nitrogens with zero attached hydrogens (tertiary/aromatic N) is 3. The van der Waals surface area contributed by atoms with Crippen molar-refractivity contribution in [2.24, 2.45) is 0 Å². The third-order valence-electron chi connectivity index (χ3n) is 6.19. The summed E-state index contributed by atoms with van der Waals surface area (Å²) in [6.07, 6.45) is 1.80. The van der Waals surface area contributed by atoms with Gasteiger partial charge in [-0.15, -0.1) is 0 Å². The molecule has 1 amide bonds. The first kappa shape index (κ1) is 23.3. The van der Waals surface area contributed by atoms with E-state index >= 15 is 0 Å². The lowest BCUT2D eigenvalue weighted by molar-refractivity contribution is 0.0982. The molecule has 1 saturated heterocycles. The van der Waals surface area contributed by atoms with Crippen LogP contribution in [0.5, 0.6) is 11.5 Å². The molecule has 3 aromatic rings. The van der Waals surface area contributed by atoms with Crippen LogP contribution in [0, 0.1) is 5.82 Å². The van der Waals surface area contributed by atoms with Gasteiger partial charge in [-0.25, -0.2) is 26.4 Å². The Kier molecular flexibility index (Phi) is 5.38. The number of amides is 1. The van der Waals surface area contributed by atoms with E-state index in [1.54, 1.807) is 23.2 Å². The standard InChI is InChI=1S/C23H24F2N4O5S/c1-23(2,3)35(31,32)27-22(30)17-10-26-29-5-4-15(9-19(17)29)28-11-14(25)7-18(28)16-6-13(24)8-20-21(16)34-12-33-20/h4-6,8-10,14,18H,7,11-12H2,1-3H3,(H,27,30)/t14-,18+/m0/s1. The number of carbonyl (C=O) groups excluding carboxylic acids is 1. The van der Waals surface area contributed by atoms with Gasteiger partial charge in [0.05, 0.1) is 28.1 Å². The first-order valence-electron chi connectivity index (χ1n) is 11.0. The fourth-order valence-electron chi connectivity index (χ4n) is 4.27. The van der Waals surface area contributed by atoms with E-state index < -0.39 is 38.7 Å². The Morgan fingerprint density at radius 3 is 2.74 bits per heavy atom. The zero-order chi connectivity index (χ0) is 25.1. The molecule has 2 atom stereocenters. The first-order chi connectivity index (χ1) is 16.4. The number of fused-ring (bicyclic) bond motifs is 2. The van der Waals surface area contributed by atoms with Crippen molar-refractivity contribution in [2.75, 3.05) is 18.2 Å². The minimum absolute atomic E-state index is 0.0427. The minimum Gasteiger partial charge on any atom is -0.453 e. The van der Waals surface area contributed by atoms with Crippen molar-refractivity contribution in [3.05, 3.63) is 53.6 Å². The van der Waals surface area contributed by atoms with Gasteiger partial charge >= 0.3 is 0 Å². The molecular formula is C23H24F2N4O5S. The van der Waals surface area contributed by atoms with Crippen LogP contribution in [0.4, 0.5) is 14.5 Å². The number of aromatic nitrogens is 2. The van der Waals surface area contributed by atoms with Crippen molar-refractivity contribution >= 4 is 27.1 Å². The summed E-state index contributed by atoms with van der Waals surface area (Å²) in [5, 5.41) is 4.13. The number of hydrogen-bond acceptors (Lipinski definition) is 7. The average molecular weight is 507 g/mol. The summed E-state index contributed by atoms with van der Waals surface area (Å²) >= 11 is 0. The highest BCUT2D eigenvalue weighted by Crippen LogP contribution is 2.46. The Bertz CT molecular complexity index is 1430. The van der Waals surface area contributed by atoms with E-state index in [9.17, 15) is 22.0 Å². The maximum absolute atomic E-state index is 14.7. The maximum atomic E-state index is 14.7. The highest BCUT2D eigenvalue weighted by Gasteiger charge is 2.38. The molecular weight excluding hydrogens is 482 g/mol. The number of hydrogen-bond donors (Lipinski definition) is 1. The van der Waals surface area contributed by atoms with E-state index in [1.165, 1.54) is 43.6 Å². The van der Waals surface area contributed by atoms with Gasteiger partial charge in [-0.3, -0.25) is 4.79 Å². The van der Waals surface area contributed by atoms with Crippen LogP contribution in [-0.4, -0.2) is 48.2 Å². The fourth-order valence-corrected chi connectivity index (χ4v) is 4.93. The van der Waals surface area contributed by atoms with Gasteiger partial charge < -0.3 is 14.4 Å². The monoisotopic (exact) mass is 506 g/mol. The van der Waals surface area contributed by atoms with Crippen molar-refractivity contribution in [3.63, 3.8) is 0 Å². The normalized spacial score (nSPS) is 20.0. The van der Waals surface area contributed by atoms with E-state index in [2.05, 4.69) is 9.82 Å². The molecule has 12 heteroatoms. The van der Waals surface area contributed by atoms with Crippen LogP contribution in [0.15, 0.2) is 36.7 Å². The Morgan fingerprint density at radius 2 is 2.00 bits per heavy atom. The van der Waals surface area contributed by atoms with Crippen molar-refractivity contribution in [3.8, 4) is 11.5 Å². The van der Waals surface area contributed by atoms with Gasteiger partial charge in [0.25, 0.3) is 5.91 Å². The summed E-state index contributed by atoms with van der Waals surface area (Å²) in [4.78, 5) is 14.6. The third-order valence-corrected chi connectivity index (χ3v) is 8.26. The van der Waals surface area contributed by atoms with Crippen molar-refractivity contribution in [1.29, 1.82) is 0 Å². The van der Waals surface area contributed by atoms with Gasteiger partial charge in [-0.05, 0) is 39.0 Å². The zero-order valence-electron chi connectivity index (χ0n) is 19.3. The molecule has 0 spiro atoms. The Morgan fingerprint density at radius 1 is 1.23 bits per heavy atom. The summed E-state index contributed by atoms with van der Waals surface area (Å²) in [7, 11) is -3.94. The molecule has 0 bridgehead atoms. The number of rotatable bonds is 4. The highest BCUT2D eigenvalue weighted by atomic mass is 32.2.